The number of benzene rings is 1. The van der Waals surface area contributed by atoms with E-state index in [-0.39, 0.29) is 30.5 Å². The lowest BCUT2D eigenvalue weighted by Gasteiger charge is -2.21. The Morgan fingerprint density at radius 2 is 1.60 bits per heavy atom. The normalized spacial score (nSPS) is 12.2. The van der Waals surface area contributed by atoms with E-state index in [2.05, 4.69) is 30.8 Å². The van der Waals surface area contributed by atoms with Gasteiger partial charge >= 0.3 is 11.9 Å². The molecule has 0 spiro atoms. The Hall–Kier alpha value is -2.37. The molecular weight excluding hydrogens is 322 g/mol. The van der Waals surface area contributed by atoms with E-state index in [1.807, 2.05) is 24.3 Å². The van der Waals surface area contributed by atoms with E-state index >= 15 is 0 Å². The Morgan fingerprint density at radius 1 is 1.00 bits per heavy atom. The molecule has 0 aliphatic rings. The molecule has 0 aliphatic heterocycles. The van der Waals surface area contributed by atoms with E-state index in [1.165, 1.54) is 19.8 Å². The van der Waals surface area contributed by atoms with Crippen LogP contribution in [0.1, 0.15) is 45.6 Å². The minimum Gasteiger partial charge on any atom is -0.469 e. The summed E-state index contributed by atoms with van der Waals surface area (Å²) >= 11 is 0. The molecule has 0 heterocycles. The van der Waals surface area contributed by atoms with Crippen molar-refractivity contribution in [2.75, 3.05) is 19.5 Å². The van der Waals surface area contributed by atoms with Gasteiger partial charge in [-0.05, 0) is 23.1 Å². The highest BCUT2D eigenvalue weighted by Crippen LogP contribution is 2.24. The van der Waals surface area contributed by atoms with Gasteiger partial charge in [0, 0.05) is 18.5 Å². The Morgan fingerprint density at radius 3 is 2.08 bits per heavy atom. The van der Waals surface area contributed by atoms with Crippen molar-refractivity contribution in [3.63, 3.8) is 0 Å². The first-order chi connectivity index (χ1) is 11.7. The molecule has 0 aromatic heterocycles. The van der Waals surface area contributed by atoms with Crippen molar-refractivity contribution in [2.45, 2.75) is 51.5 Å². The van der Waals surface area contributed by atoms with Crippen LogP contribution in [0.2, 0.25) is 0 Å². The lowest BCUT2D eigenvalue weighted by atomic mass is 9.87. The summed E-state index contributed by atoms with van der Waals surface area (Å²) in [5, 5.41) is 3.03. The van der Waals surface area contributed by atoms with Crippen molar-refractivity contribution in [2.24, 2.45) is 0 Å². The van der Waals surface area contributed by atoms with E-state index in [0.717, 1.165) is 5.69 Å². The summed E-state index contributed by atoms with van der Waals surface area (Å²) in [6.07, 6.45) is -0.0149. The average Bonchev–Trinajstić information content (AvgIpc) is 2.58. The van der Waals surface area contributed by atoms with Crippen LogP contribution in [-0.2, 0) is 29.3 Å². The quantitative estimate of drug-likeness (QED) is 0.727. The zero-order valence-electron chi connectivity index (χ0n) is 15.5. The third-order valence-corrected chi connectivity index (χ3v) is 3.84. The van der Waals surface area contributed by atoms with Crippen LogP contribution >= 0.6 is 0 Å². The van der Waals surface area contributed by atoms with Gasteiger partial charge in [-0.25, -0.2) is 4.79 Å². The van der Waals surface area contributed by atoms with Crippen LogP contribution in [0.25, 0.3) is 0 Å². The highest BCUT2D eigenvalue weighted by Gasteiger charge is 2.23. The second-order valence-corrected chi connectivity index (χ2v) is 6.87. The van der Waals surface area contributed by atoms with E-state index < -0.39 is 18.0 Å². The minimum absolute atomic E-state index is 0.00348. The highest BCUT2D eigenvalue weighted by atomic mass is 16.5. The number of carbonyl (C=O) groups is 3. The zero-order valence-corrected chi connectivity index (χ0v) is 15.5. The van der Waals surface area contributed by atoms with E-state index in [0.29, 0.717) is 0 Å². The first kappa shape index (κ1) is 20.7. The van der Waals surface area contributed by atoms with Gasteiger partial charge in [-0.2, -0.15) is 0 Å². The summed E-state index contributed by atoms with van der Waals surface area (Å²) in [6, 6.07) is 6.91. The molecule has 0 radical (unpaired) electrons. The number of carbonyl (C=O) groups excluding carboxylic acids is 3. The van der Waals surface area contributed by atoms with Gasteiger partial charge in [0.25, 0.3) is 0 Å². The molecule has 1 aromatic carbocycles. The van der Waals surface area contributed by atoms with Crippen LogP contribution in [0.3, 0.4) is 0 Å². The van der Waals surface area contributed by atoms with Crippen molar-refractivity contribution < 1.29 is 23.9 Å². The number of methoxy groups -OCH3 is 2. The number of Topliss-reactive ketones (excluding diaryl/α,β-unsaturated/α-hetero) is 1. The summed E-state index contributed by atoms with van der Waals surface area (Å²) in [7, 11) is 2.55. The Labute approximate surface area is 148 Å². The van der Waals surface area contributed by atoms with Crippen molar-refractivity contribution >= 4 is 23.4 Å². The number of nitrogens with one attached hydrogen (secondary N) is 1. The third-order valence-electron chi connectivity index (χ3n) is 3.84. The van der Waals surface area contributed by atoms with Gasteiger partial charge in [0.2, 0.25) is 0 Å². The molecule has 0 aliphatic carbocycles. The summed E-state index contributed by atoms with van der Waals surface area (Å²) in [4.78, 5) is 35.1. The number of ketones is 1. The molecule has 1 atom stereocenters. The van der Waals surface area contributed by atoms with E-state index in [4.69, 9.17) is 4.74 Å². The third kappa shape index (κ3) is 6.95. The molecule has 0 amide bonds. The van der Waals surface area contributed by atoms with Crippen LogP contribution in [-0.4, -0.2) is 38.0 Å². The van der Waals surface area contributed by atoms with Gasteiger partial charge in [-0.1, -0.05) is 32.9 Å². The topological polar surface area (TPSA) is 81.7 Å². The van der Waals surface area contributed by atoms with Gasteiger partial charge < -0.3 is 14.8 Å². The second-order valence-electron chi connectivity index (χ2n) is 6.87. The van der Waals surface area contributed by atoms with Crippen LogP contribution in [0.4, 0.5) is 5.69 Å². The minimum atomic E-state index is -0.796. The fourth-order valence-corrected chi connectivity index (χ4v) is 2.28. The van der Waals surface area contributed by atoms with Gasteiger partial charge in [-0.15, -0.1) is 0 Å². The standard InChI is InChI=1S/C19H27NO5/c1-19(2,3)13-6-8-14(9-7-13)20-16(18(23)25-5)12-15(21)10-11-17(22)24-4/h6-9,16,20H,10-12H2,1-5H3. The zero-order chi connectivity index (χ0) is 19.0. The van der Waals surface area contributed by atoms with Crippen LogP contribution < -0.4 is 5.32 Å². The van der Waals surface area contributed by atoms with Crippen LogP contribution in [0.5, 0.6) is 0 Å². The molecule has 1 N–H and O–H groups in total. The summed E-state index contributed by atoms with van der Waals surface area (Å²) < 4.78 is 9.27. The second kappa shape index (κ2) is 9.20. The SMILES string of the molecule is COC(=O)CCC(=O)CC(Nc1ccc(C(C)(C)C)cc1)C(=O)OC. The molecule has 0 saturated carbocycles. The average molecular weight is 349 g/mol. The van der Waals surface area contributed by atoms with Gasteiger partial charge in [0.15, 0.2) is 0 Å². The number of esters is 2. The lowest BCUT2D eigenvalue weighted by molar-refractivity contribution is -0.143. The molecule has 1 rings (SSSR count). The van der Waals surface area contributed by atoms with Gasteiger partial charge in [0.1, 0.15) is 11.8 Å². The van der Waals surface area contributed by atoms with Gasteiger partial charge in [0.05, 0.1) is 20.6 Å². The van der Waals surface area contributed by atoms with Crippen LogP contribution in [0, 0.1) is 0 Å². The number of rotatable bonds is 8. The highest BCUT2D eigenvalue weighted by molar-refractivity contribution is 5.89. The number of hydrogen-bond donors (Lipinski definition) is 1. The van der Waals surface area contributed by atoms with E-state index in [1.54, 1.807) is 0 Å². The summed E-state index contributed by atoms with van der Waals surface area (Å²) in [5.41, 5.74) is 1.93. The first-order valence-corrected chi connectivity index (χ1v) is 8.20. The van der Waals surface area contributed by atoms with Gasteiger partial charge in [-0.3, -0.25) is 9.59 Å². The molecule has 0 fully saturated rings. The molecule has 6 nitrogen and oxygen atoms in total. The monoisotopic (exact) mass is 349 g/mol. The largest absolute Gasteiger partial charge is 0.469 e. The molecule has 1 aromatic rings. The number of ether oxygens (including phenoxy) is 2. The van der Waals surface area contributed by atoms with Crippen LogP contribution in [0.15, 0.2) is 24.3 Å². The number of hydrogen-bond acceptors (Lipinski definition) is 6. The Balaban J connectivity index is 2.74. The van der Waals surface area contributed by atoms with Crippen molar-refractivity contribution in [3.05, 3.63) is 29.8 Å². The maximum Gasteiger partial charge on any atom is 0.328 e. The molecule has 25 heavy (non-hydrogen) atoms. The first-order valence-electron chi connectivity index (χ1n) is 8.20. The van der Waals surface area contributed by atoms with Crippen molar-refractivity contribution in [3.8, 4) is 0 Å². The maximum absolute atomic E-state index is 12.0. The van der Waals surface area contributed by atoms with E-state index in [9.17, 15) is 14.4 Å². The van der Waals surface area contributed by atoms with Crippen molar-refractivity contribution in [1.29, 1.82) is 0 Å². The smallest absolute Gasteiger partial charge is 0.328 e. The molecule has 0 saturated heterocycles. The molecule has 1 unspecified atom stereocenters. The Bertz CT molecular complexity index is 601. The Kier molecular flexibility index (Phi) is 7.61. The fraction of sp³-hybridized carbons (Fsp3) is 0.526. The maximum atomic E-state index is 12.0. The molecular formula is C19H27NO5. The summed E-state index contributed by atoms with van der Waals surface area (Å²) in [5.74, 6) is -1.18. The molecule has 138 valence electrons. The van der Waals surface area contributed by atoms with Crippen molar-refractivity contribution in [1.82, 2.24) is 0 Å². The summed E-state index contributed by atoms with van der Waals surface area (Å²) in [6.45, 7) is 6.35. The number of anilines is 1. The molecule has 0 bridgehead atoms. The predicted octanol–water partition coefficient (Wildman–Crippen LogP) is 2.85. The lowest BCUT2D eigenvalue weighted by Crippen LogP contribution is -2.33. The predicted molar refractivity (Wildman–Crippen MR) is 95.4 cm³/mol. The molecule has 6 heteroatoms. The fourth-order valence-electron chi connectivity index (χ4n) is 2.28.